The molecule has 0 bridgehead atoms. The highest BCUT2D eigenvalue weighted by molar-refractivity contribution is 5.33. The minimum absolute atomic E-state index is 0.0583. The van der Waals surface area contributed by atoms with Crippen LogP contribution in [0.5, 0.6) is 0 Å². The van der Waals surface area contributed by atoms with E-state index in [0.717, 1.165) is 18.4 Å². The monoisotopic (exact) mass is 210 g/mol. The average molecular weight is 210 g/mol. The number of halogens is 1. The van der Waals surface area contributed by atoms with Gasteiger partial charge in [0, 0.05) is 13.5 Å². The van der Waals surface area contributed by atoms with E-state index in [4.69, 9.17) is 4.74 Å². The summed E-state index contributed by atoms with van der Waals surface area (Å²) in [5, 5.41) is 9.31. The Bertz CT molecular complexity index is 359. The van der Waals surface area contributed by atoms with E-state index in [1.165, 1.54) is 6.07 Å². The van der Waals surface area contributed by atoms with Gasteiger partial charge in [-0.25, -0.2) is 4.39 Å². The van der Waals surface area contributed by atoms with Crippen LogP contribution in [-0.2, 0) is 17.6 Å². The maximum Gasteiger partial charge on any atom is 0.126 e. The van der Waals surface area contributed by atoms with Crippen LogP contribution < -0.4 is 0 Å². The first kappa shape index (κ1) is 10.6. The summed E-state index contributed by atoms with van der Waals surface area (Å²) < 4.78 is 18.9. The van der Waals surface area contributed by atoms with Crippen molar-refractivity contribution in [1.82, 2.24) is 0 Å². The van der Waals surface area contributed by atoms with E-state index in [0.29, 0.717) is 12.0 Å². The molecule has 0 spiro atoms. The van der Waals surface area contributed by atoms with Gasteiger partial charge in [-0.1, -0.05) is 12.1 Å². The van der Waals surface area contributed by atoms with Crippen LogP contribution in [0.15, 0.2) is 18.2 Å². The van der Waals surface area contributed by atoms with Crippen LogP contribution in [0.1, 0.15) is 17.5 Å². The molecule has 1 aromatic carbocycles. The summed E-state index contributed by atoms with van der Waals surface area (Å²) in [5.41, 5.74) is 1.14. The molecule has 3 heteroatoms. The lowest BCUT2D eigenvalue weighted by molar-refractivity contribution is -0.0612. The molecule has 1 aromatic rings. The molecule has 0 heterocycles. The molecular formula is C12H15FO2. The first-order valence-electron chi connectivity index (χ1n) is 5.13. The van der Waals surface area contributed by atoms with Crippen molar-refractivity contribution in [2.75, 3.05) is 13.7 Å². The Morgan fingerprint density at radius 3 is 3.00 bits per heavy atom. The molecule has 1 atom stereocenters. The molecule has 1 unspecified atom stereocenters. The zero-order valence-corrected chi connectivity index (χ0v) is 8.79. The molecular weight excluding hydrogens is 195 g/mol. The summed E-state index contributed by atoms with van der Waals surface area (Å²) in [6, 6.07) is 5.13. The number of fused-ring (bicyclic) bond motifs is 1. The Morgan fingerprint density at radius 1 is 1.53 bits per heavy atom. The van der Waals surface area contributed by atoms with E-state index < -0.39 is 5.60 Å². The molecule has 1 N–H and O–H groups in total. The molecule has 82 valence electrons. The molecule has 15 heavy (non-hydrogen) atoms. The fraction of sp³-hybridized carbons (Fsp3) is 0.500. The van der Waals surface area contributed by atoms with Crippen molar-refractivity contribution in [2.24, 2.45) is 0 Å². The summed E-state index contributed by atoms with van der Waals surface area (Å²) in [7, 11) is 1.57. The predicted octanol–water partition coefficient (Wildman–Crippen LogP) is 1.69. The second-order valence-electron chi connectivity index (χ2n) is 4.10. The highest BCUT2D eigenvalue weighted by Crippen LogP contribution is 2.32. The first-order valence-corrected chi connectivity index (χ1v) is 5.13. The SMILES string of the molecule is COC1(CO)CCc2cccc(F)c2C1. The van der Waals surface area contributed by atoms with Gasteiger partial charge in [-0.05, 0) is 30.0 Å². The molecule has 1 aliphatic carbocycles. The highest BCUT2D eigenvalue weighted by atomic mass is 19.1. The molecule has 0 saturated heterocycles. The Hall–Kier alpha value is -0.930. The lowest BCUT2D eigenvalue weighted by atomic mass is 9.80. The number of hydrogen-bond acceptors (Lipinski definition) is 2. The molecule has 0 amide bonds. The smallest absolute Gasteiger partial charge is 0.126 e. The summed E-state index contributed by atoms with van der Waals surface area (Å²) in [5.74, 6) is -0.193. The summed E-state index contributed by atoms with van der Waals surface area (Å²) in [6.07, 6.45) is 1.97. The van der Waals surface area contributed by atoms with Crippen molar-refractivity contribution in [2.45, 2.75) is 24.9 Å². The van der Waals surface area contributed by atoms with Crippen LogP contribution in [0.3, 0.4) is 0 Å². The van der Waals surface area contributed by atoms with Crippen molar-refractivity contribution in [3.63, 3.8) is 0 Å². The number of benzene rings is 1. The standard InChI is InChI=1S/C12H15FO2/c1-15-12(8-14)6-5-9-3-2-4-11(13)10(9)7-12/h2-4,14H,5-8H2,1H3. The van der Waals surface area contributed by atoms with E-state index in [-0.39, 0.29) is 12.4 Å². The van der Waals surface area contributed by atoms with Crippen LogP contribution in [0, 0.1) is 5.82 Å². The molecule has 0 aromatic heterocycles. The van der Waals surface area contributed by atoms with Gasteiger partial charge >= 0.3 is 0 Å². The molecule has 0 aliphatic heterocycles. The summed E-state index contributed by atoms with van der Waals surface area (Å²) in [4.78, 5) is 0. The fourth-order valence-electron chi connectivity index (χ4n) is 2.18. The minimum Gasteiger partial charge on any atom is -0.393 e. The van der Waals surface area contributed by atoms with Crippen LogP contribution in [0.4, 0.5) is 4.39 Å². The molecule has 0 fully saturated rings. The van der Waals surface area contributed by atoms with E-state index in [1.807, 2.05) is 6.07 Å². The summed E-state index contributed by atoms with van der Waals surface area (Å²) in [6.45, 7) is -0.0583. The number of aryl methyl sites for hydroxylation is 1. The largest absolute Gasteiger partial charge is 0.393 e. The third-order valence-corrected chi connectivity index (χ3v) is 3.29. The van der Waals surface area contributed by atoms with Gasteiger partial charge < -0.3 is 9.84 Å². The minimum atomic E-state index is -0.588. The Labute approximate surface area is 88.7 Å². The Morgan fingerprint density at radius 2 is 2.33 bits per heavy atom. The number of ether oxygens (including phenoxy) is 1. The predicted molar refractivity (Wildman–Crippen MR) is 55.3 cm³/mol. The Balaban J connectivity index is 2.36. The van der Waals surface area contributed by atoms with Crippen molar-refractivity contribution < 1.29 is 14.2 Å². The van der Waals surface area contributed by atoms with Gasteiger partial charge in [0.2, 0.25) is 0 Å². The van der Waals surface area contributed by atoms with Crippen molar-refractivity contribution in [3.8, 4) is 0 Å². The fourth-order valence-corrected chi connectivity index (χ4v) is 2.18. The van der Waals surface area contributed by atoms with E-state index >= 15 is 0 Å². The molecule has 0 saturated carbocycles. The third kappa shape index (κ3) is 1.77. The lowest BCUT2D eigenvalue weighted by Gasteiger charge is -2.35. The Kier molecular flexibility index (Phi) is 2.76. The van der Waals surface area contributed by atoms with Gasteiger partial charge in [0.15, 0.2) is 0 Å². The quantitative estimate of drug-likeness (QED) is 0.805. The van der Waals surface area contributed by atoms with Gasteiger partial charge in [0.05, 0.1) is 12.2 Å². The van der Waals surface area contributed by atoms with Gasteiger partial charge in [-0.2, -0.15) is 0 Å². The van der Waals surface area contributed by atoms with Crippen molar-refractivity contribution in [1.29, 1.82) is 0 Å². The number of methoxy groups -OCH3 is 1. The van der Waals surface area contributed by atoms with Crippen LogP contribution >= 0.6 is 0 Å². The molecule has 2 rings (SSSR count). The molecule has 0 radical (unpaired) electrons. The van der Waals surface area contributed by atoms with Gasteiger partial charge in [-0.15, -0.1) is 0 Å². The van der Waals surface area contributed by atoms with Crippen molar-refractivity contribution in [3.05, 3.63) is 35.1 Å². The normalized spacial score (nSPS) is 25.0. The number of aliphatic hydroxyl groups is 1. The maximum absolute atomic E-state index is 13.6. The first-order chi connectivity index (χ1) is 7.21. The second-order valence-corrected chi connectivity index (χ2v) is 4.10. The van der Waals surface area contributed by atoms with Gasteiger partial charge in [-0.3, -0.25) is 0 Å². The topological polar surface area (TPSA) is 29.5 Å². The number of hydrogen-bond donors (Lipinski definition) is 1. The van der Waals surface area contributed by atoms with Crippen LogP contribution in [0.25, 0.3) is 0 Å². The zero-order chi connectivity index (χ0) is 10.9. The lowest BCUT2D eigenvalue weighted by Crippen LogP contribution is -2.41. The number of rotatable bonds is 2. The molecule has 1 aliphatic rings. The van der Waals surface area contributed by atoms with E-state index in [9.17, 15) is 9.50 Å². The zero-order valence-electron chi connectivity index (χ0n) is 8.79. The van der Waals surface area contributed by atoms with Crippen molar-refractivity contribution >= 4 is 0 Å². The average Bonchev–Trinajstić information content (AvgIpc) is 2.29. The maximum atomic E-state index is 13.6. The molecule has 2 nitrogen and oxygen atoms in total. The highest BCUT2D eigenvalue weighted by Gasteiger charge is 2.34. The van der Waals surface area contributed by atoms with Crippen LogP contribution in [0.2, 0.25) is 0 Å². The van der Waals surface area contributed by atoms with Gasteiger partial charge in [0.25, 0.3) is 0 Å². The van der Waals surface area contributed by atoms with Gasteiger partial charge in [0.1, 0.15) is 5.82 Å². The third-order valence-electron chi connectivity index (χ3n) is 3.29. The second kappa shape index (κ2) is 3.91. The number of aliphatic hydroxyl groups excluding tert-OH is 1. The summed E-state index contributed by atoms with van der Waals surface area (Å²) >= 11 is 0. The van der Waals surface area contributed by atoms with E-state index in [2.05, 4.69) is 0 Å². The van der Waals surface area contributed by atoms with Crippen LogP contribution in [-0.4, -0.2) is 24.4 Å². The van der Waals surface area contributed by atoms with E-state index in [1.54, 1.807) is 13.2 Å².